The highest BCUT2D eigenvalue weighted by molar-refractivity contribution is 9.10. The molecule has 106 valence electrons. The van der Waals surface area contributed by atoms with Crippen LogP contribution in [0.15, 0.2) is 47.2 Å². The van der Waals surface area contributed by atoms with Crippen LogP contribution in [-0.4, -0.2) is 27.8 Å². The van der Waals surface area contributed by atoms with Crippen LogP contribution in [0.3, 0.4) is 0 Å². The van der Waals surface area contributed by atoms with Gasteiger partial charge in [0.2, 0.25) is 0 Å². The molecule has 0 radical (unpaired) electrons. The molecule has 0 fully saturated rings. The van der Waals surface area contributed by atoms with Crippen LogP contribution in [0.2, 0.25) is 0 Å². The van der Waals surface area contributed by atoms with Crippen LogP contribution in [0.5, 0.6) is 0 Å². The molecule has 2 heterocycles. The van der Waals surface area contributed by atoms with Gasteiger partial charge in [-0.1, -0.05) is 12.1 Å². The predicted octanol–water partition coefficient (Wildman–Crippen LogP) is 3.73. The Morgan fingerprint density at radius 3 is 2.86 bits per heavy atom. The summed E-state index contributed by atoms with van der Waals surface area (Å²) in [7, 11) is 1.77. The van der Waals surface area contributed by atoms with E-state index in [1.807, 2.05) is 24.3 Å². The molecule has 0 aliphatic rings. The molecule has 1 aromatic carbocycles. The Kier molecular flexibility index (Phi) is 3.98. The normalized spacial score (nSPS) is 10.8. The highest BCUT2D eigenvalue weighted by atomic mass is 79.9. The molecular weight excluding hydrogens is 350 g/mol. The molecule has 0 bridgehead atoms. The van der Waals surface area contributed by atoms with Crippen LogP contribution in [0, 0.1) is 0 Å². The van der Waals surface area contributed by atoms with Crippen LogP contribution in [0.4, 0.5) is 0 Å². The summed E-state index contributed by atoms with van der Waals surface area (Å²) in [5.41, 5.74) is 1.53. The molecule has 3 aromatic rings. The van der Waals surface area contributed by atoms with E-state index in [4.69, 9.17) is 0 Å². The smallest absolute Gasteiger partial charge is 0.256 e. The molecule has 0 unspecified atom stereocenters. The number of benzene rings is 1. The zero-order valence-corrected chi connectivity index (χ0v) is 13.7. The number of rotatable bonds is 3. The lowest BCUT2D eigenvalue weighted by atomic mass is 10.2. The van der Waals surface area contributed by atoms with Gasteiger partial charge in [0.15, 0.2) is 0 Å². The van der Waals surface area contributed by atoms with Gasteiger partial charge in [0, 0.05) is 13.2 Å². The molecule has 0 saturated heterocycles. The number of hydrogen-bond acceptors (Lipinski definition) is 4. The van der Waals surface area contributed by atoms with E-state index >= 15 is 0 Å². The van der Waals surface area contributed by atoms with Crippen molar-refractivity contribution in [1.29, 1.82) is 0 Å². The summed E-state index contributed by atoms with van der Waals surface area (Å²) in [6.07, 6.45) is 1.65. The van der Waals surface area contributed by atoms with Gasteiger partial charge in [-0.2, -0.15) is 0 Å². The first-order valence-electron chi connectivity index (χ1n) is 6.35. The maximum atomic E-state index is 12.4. The minimum atomic E-state index is -0.0748. The fourth-order valence-electron chi connectivity index (χ4n) is 2.01. The first kappa shape index (κ1) is 14.2. The van der Waals surface area contributed by atoms with Crippen LogP contribution >= 0.6 is 27.3 Å². The average molecular weight is 362 g/mol. The molecule has 6 heteroatoms. The second-order valence-corrected chi connectivity index (χ2v) is 6.44. The molecule has 0 spiro atoms. The third-order valence-electron chi connectivity index (χ3n) is 3.05. The van der Waals surface area contributed by atoms with E-state index in [1.54, 1.807) is 41.6 Å². The molecule has 0 atom stereocenters. The molecule has 2 aromatic heterocycles. The van der Waals surface area contributed by atoms with Crippen molar-refractivity contribution in [3.05, 3.63) is 57.8 Å². The van der Waals surface area contributed by atoms with Gasteiger partial charge in [0.05, 0.1) is 22.3 Å². The zero-order valence-electron chi connectivity index (χ0n) is 11.3. The zero-order chi connectivity index (χ0) is 14.8. The van der Waals surface area contributed by atoms with E-state index in [9.17, 15) is 4.79 Å². The number of amides is 1. The largest absolute Gasteiger partial charge is 0.335 e. The Morgan fingerprint density at radius 1 is 1.29 bits per heavy atom. The Labute approximate surface area is 134 Å². The van der Waals surface area contributed by atoms with E-state index in [-0.39, 0.29) is 5.91 Å². The van der Waals surface area contributed by atoms with Crippen molar-refractivity contribution in [1.82, 2.24) is 14.9 Å². The molecule has 1 amide bonds. The maximum Gasteiger partial charge on any atom is 0.256 e. The summed E-state index contributed by atoms with van der Waals surface area (Å²) in [4.78, 5) is 22.7. The average Bonchev–Trinajstić information content (AvgIpc) is 2.89. The van der Waals surface area contributed by atoms with Gasteiger partial charge < -0.3 is 4.90 Å². The Hall–Kier alpha value is -1.79. The number of thiazole rings is 1. The maximum absolute atomic E-state index is 12.4. The number of carbonyl (C=O) groups excluding carboxylic acids is 1. The summed E-state index contributed by atoms with van der Waals surface area (Å²) in [6.45, 7) is 0.486. The third-order valence-corrected chi connectivity index (χ3v) is 4.70. The van der Waals surface area contributed by atoms with Crippen LogP contribution in [0.1, 0.15) is 15.4 Å². The highest BCUT2D eigenvalue weighted by Gasteiger charge is 2.16. The highest BCUT2D eigenvalue weighted by Crippen LogP contribution is 2.23. The van der Waals surface area contributed by atoms with Crippen molar-refractivity contribution in [2.24, 2.45) is 0 Å². The number of carbonyl (C=O) groups is 1. The molecule has 0 N–H and O–H groups in total. The Balaban J connectivity index is 1.81. The van der Waals surface area contributed by atoms with Gasteiger partial charge in [-0.3, -0.25) is 4.79 Å². The molecule has 0 aliphatic carbocycles. The minimum Gasteiger partial charge on any atom is -0.335 e. The van der Waals surface area contributed by atoms with Gasteiger partial charge in [-0.15, -0.1) is 11.3 Å². The number of halogens is 1. The van der Waals surface area contributed by atoms with Crippen LogP contribution < -0.4 is 0 Å². The van der Waals surface area contributed by atoms with Crippen molar-refractivity contribution in [2.45, 2.75) is 6.54 Å². The summed E-state index contributed by atoms with van der Waals surface area (Å²) in [5, 5.41) is 0.923. The van der Waals surface area contributed by atoms with Gasteiger partial charge in [-0.05, 0) is 40.2 Å². The SMILES string of the molecule is CN(Cc1nc2ccccc2s1)C(=O)c1cccnc1Br. The Morgan fingerprint density at radius 2 is 2.10 bits per heavy atom. The van der Waals surface area contributed by atoms with Crippen molar-refractivity contribution < 1.29 is 4.79 Å². The van der Waals surface area contributed by atoms with Crippen molar-refractivity contribution >= 4 is 43.4 Å². The number of hydrogen-bond donors (Lipinski definition) is 0. The molecule has 0 aliphatic heterocycles. The second kappa shape index (κ2) is 5.91. The van der Waals surface area contributed by atoms with Gasteiger partial charge >= 0.3 is 0 Å². The Bertz CT molecular complexity index is 769. The fraction of sp³-hybridized carbons (Fsp3) is 0.133. The lowest BCUT2D eigenvalue weighted by molar-refractivity contribution is 0.0783. The number of aromatic nitrogens is 2. The molecule has 3 rings (SSSR count). The minimum absolute atomic E-state index is 0.0748. The van der Waals surface area contributed by atoms with E-state index in [1.165, 1.54) is 0 Å². The van der Waals surface area contributed by atoms with Crippen molar-refractivity contribution in [2.75, 3.05) is 7.05 Å². The third kappa shape index (κ3) is 2.96. The topological polar surface area (TPSA) is 46.1 Å². The van der Waals surface area contributed by atoms with Crippen molar-refractivity contribution in [3.63, 3.8) is 0 Å². The lowest BCUT2D eigenvalue weighted by Crippen LogP contribution is -2.26. The molecule has 4 nitrogen and oxygen atoms in total. The summed E-state index contributed by atoms with van der Waals surface area (Å²) >= 11 is 4.92. The van der Waals surface area contributed by atoms with E-state index in [2.05, 4.69) is 25.9 Å². The molecular formula is C15H12BrN3OS. The summed E-state index contributed by atoms with van der Waals surface area (Å²) < 4.78 is 1.70. The summed E-state index contributed by atoms with van der Waals surface area (Å²) in [5.74, 6) is -0.0748. The first-order valence-corrected chi connectivity index (χ1v) is 7.96. The number of pyridine rings is 1. The van der Waals surface area contributed by atoms with Crippen molar-refractivity contribution in [3.8, 4) is 0 Å². The van der Waals surface area contributed by atoms with Gasteiger partial charge in [-0.25, -0.2) is 9.97 Å². The standard InChI is InChI=1S/C15H12BrN3OS/c1-19(15(20)10-5-4-8-17-14(10)16)9-13-18-11-6-2-3-7-12(11)21-13/h2-8H,9H2,1H3. The second-order valence-electron chi connectivity index (χ2n) is 4.58. The molecule has 0 saturated carbocycles. The first-order chi connectivity index (χ1) is 10.1. The monoisotopic (exact) mass is 361 g/mol. The van der Waals surface area contributed by atoms with Gasteiger partial charge in [0.1, 0.15) is 9.61 Å². The van der Waals surface area contributed by atoms with E-state index < -0.39 is 0 Å². The van der Waals surface area contributed by atoms with E-state index in [0.717, 1.165) is 15.2 Å². The lowest BCUT2D eigenvalue weighted by Gasteiger charge is -2.16. The summed E-state index contributed by atoms with van der Waals surface area (Å²) in [6, 6.07) is 11.5. The van der Waals surface area contributed by atoms with E-state index in [0.29, 0.717) is 16.7 Å². The van der Waals surface area contributed by atoms with Gasteiger partial charge in [0.25, 0.3) is 5.91 Å². The molecule has 21 heavy (non-hydrogen) atoms. The predicted molar refractivity (Wildman–Crippen MR) is 87.4 cm³/mol. The quantitative estimate of drug-likeness (QED) is 0.667. The number of nitrogens with zero attached hydrogens (tertiary/aromatic N) is 3. The number of fused-ring (bicyclic) bond motifs is 1. The van der Waals surface area contributed by atoms with Crippen LogP contribution in [-0.2, 0) is 6.54 Å². The van der Waals surface area contributed by atoms with Crippen LogP contribution in [0.25, 0.3) is 10.2 Å². The fourth-order valence-corrected chi connectivity index (χ4v) is 3.45. The number of para-hydroxylation sites is 1.